The number of methoxy groups -OCH3 is 1. The largest absolute Gasteiger partial charge is 0.508 e. The van der Waals surface area contributed by atoms with Crippen molar-refractivity contribution in [3.63, 3.8) is 0 Å². The summed E-state index contributed by atoms with van der Waals surface area (Å²) in [5, 5.41) is 13.5. The van der Waals surface area contributed by atoms with Crippen LogP contribution in [0, 0.1) is 6.92 Å². The zero-order chi connectivity index (χ0) is 13.1. The van der Waals surface area contributed by atoms with Gasteiger partial charge in [0.25, 0.3) is 5.89 Å². The highest BCUT2D eigenvalue weighted by atomic mass is 16.5. The second-order valence-corrected chi connectivity index (χ2v) is 4.27. The third-order valence-corrected chi connectivity index (χ3v) is 2.80. The summed E-state index contributed by atoms with van der Waals surface area (Å²) in [6.07, 6.45) is 0.638. The molecule has 0 aliphatic heterocycles. The minimum absolute atomic E-state index is 0.0434. The highest BCUT2D eigenvalue weighted by molar-refractivity contribution is 5.57. The van der Waals surface area contributed by atoms with Crippen molar-refractivity contribution >= 4 is 0 Å². The number of phenols is 1. The van der Waals surface area contributed by atoms with Gasteiger partial charge in [-0.3, -0.25) is 0 Å². The van der Waals surface area contributed by atoms with Gasteiger partial charge < -0.3 is 14.4 Å². The summed E-state index contributed by atoms with van der Waals surface area (Å²) < 4.78 is 10.3. The highest BCUT2D eigenvalue weighted by Crippen LogP contribution is 2.24. The Hall–Kier alpha value is -1.88. The third kappa shape index (κ3) is 2.68. The van der Waals surface area contributed by atoms with E-state index in [1.165, 1.54) is 0 Å². The second-order valence-electron chi connectivity index (χ2n) is 4.27. The summed E-state index contributed by atoms with van der Waals surface area (Å²) in [5.41, 5.74) is 1.52. The molecule has 0 fully saturated rings. The van der Waals surface area contributed by atoms with Gasteiger partial charge in [-0.25, -0.2) is 0 Å². The maximum absolute atomic E-state index is 9.64. The number of aromatic hydroxyl groups is 1. The molecule has 0 amide bonds. The molecule has 1 heterocycles. The van der Waals surface area contributed by atoms with Crippen molar-refractivity contribution < 1.29 is 14.4 Å². The molecule has 1 aromatic carbocycles. The van der Waals surface area contributed by atoms with E-state index >= 15 is 0 Å². The van der Waals surface area contributed by atoms with E-state index in [0.29, 0.717) is 23.7 Å². The molecule has 0 aliphatic rings. The van der Waals surface area contributed by atoms with Crippen molar-refractivity contribution in [2.24, 2.45) is 0 Å². The Morgan fingerprint density at radius 1 is 1.44 bits per heavy atom. The van der Waals surface area contributed by atoms with Crippen LogP contribution < -0.4 is 0 Å². The Morgan fingerprint density at radius 2 is 2.22 bits per heavy atom. The first-order valence-corrected chi connectivity index (χ1v) is 5.75. The molecular weight excluding hydrogens is 232 g/mol. The third-order valence-electron chi connectivity index (χ3n) is 2.80. The van der Waals surface area contributed by atoms with Crippen LogP contribution >= 0.6 is 0 Å². The lowest BCUT2D eigenvalue weighted by atomic mass is 10.1. The lowest BCUT2D eigenvalue weighted by molar-refractivity contribution is 0.116. The number of benzene rings is 1. The molecule has 1 unspecified atom stereocenters. The molecule has 5 nitrogen and oxygen atoms in total. The molecule has 18 heavy (non-hydrogen) atoms. The average molecular weight is 248 g/mol. The van der Waals surface area contributed by atoms with E-state index in [1.54, 1.807) is 13.2 Å². The van der Waals surface area contributed by atoms with Crippen LogP contribution in [-0.2, 0) is 11.2 Å². The molecule has 1 N–H and O–H groups in total. The molecule has 0 saturated heterocycles. The molecule has 1 atom stereocenters. The number of aryl methyl sites for hydroxylation is 1. The zero-order valence-corrected chi connectivity index (χ0v) is 10.7. The summed E-state index contributed by atoms with van der Waals surface area (Å²) in [4.78, 5) is 4.27. The molecular formula is C13H16N2O3. The average Bonchev–Trinajstić information content (AvgIpc) is 2.81. The molecule has 2 aromatic rings. The van der Waals surface area contributed by atoms with Crippen LogP contribution in [0.25, 0.3) is 11.5 Å². The molecule has 0 aliphatic carbocycles. The standard InChI is InChI=1S/C13H16N2O3/c1-8-4-5-10(7-11(8)16)13-14-12(15-18-13)6-9(2)17-3/h4-5,7,9,16H,6H2,1-3H3. The lowest BCUT2D eigenvalue weighted by Crippen LogP contribution is -2.09. The fourth-order valence-corrected chi connectivity index (χ4v) is 1.54. The molecule has 0 radical (unpaired) electrons. The number of aromatic nitrogens is 2. The van der Waals surface area contributed by atoms with Crippen LogP contribution in [0.2, 0.25) is 0 Å². The SMILES string of the molecule is COC(C)Cc1noc(-c2ccc(C)c(O)c2)n1. The minimum Gasteiger partial charge on any atom is -0.508 e. The van der Waals surface area contributed by atoms with E-state index in [-0.39, 0.29) is 11.9 Å². The van der Waals surface area contributed by atoms with Crippen LogP contribution in [0.5, 0.6) is 5.75 Å². The van der Waals surface area contributed by atoms with E-state index in [1.807, 2.05) is 26.0 Å². The monoisotopic (exact) mass is 248 g/mol. The first-order valence-electron chi connectivity index (χ1n) is 5.75. The topological polar surface area (TPSA) is 68.4 Å². The molecule has 2 rings (SSSR count). The predicted octanol–water partition coefficient (Wildman–Crippen LogP) is 2.33. The Morgan fingerprint density at radius 3 is 2.89 bits per heavy atom. The summed E-state index contributed by atoms with van der Waals surface area (Å²) in [7, 11) is 1.64. The van der Waals surface area contributed by atoms with Crippen LogP contribution in [0.15, 0.2) is 22.7 Å². The van der Waals surface area contributed by atoms with E-state index in [2.05, 4.69) is 10.1 Å². The summed E-state index contributed by atoms with van der Waals surface area (Å²) in [5.74, 6) is 1.22. The molecule has 0 bridgehead atoms. The molecule has 0 saturated carbocycles. The Kier molecular flexibility index (Phi) is 3.62. The van der Waals surface area contributed by atoms with Gasteiger partial charge in [-0.2, -0.15) is 4.98 Å². The molecule has 1 aromatic heterocycles. The van der Waals surface area contributed by atoms with Gasteiger partial charge >= 0.3 is 0 Å². The van der Waals surface area contributed by atoms with Gasteiger partial charge in [0, 0.05) is 19.1 Å². The Bertz CT molecular complexity index is 537. The van der Waals surface area contributed by atoms with Crippen molar-refractivity contribution in [3.8, 4) is 17.2 Å². The van der Waals surface area contributed by atoms with Crippen molar-refractivity contribution in [2.75, 3.05) is 7.11 Å². The van der Waals surface area contributed by atoms with Gasteiger partial charge in [0.2, 0.25) is 0 Å². The van der Waals surface area contributed by atoms with E-state index in [4.69, 9.17) is 9.26 Å². The fourth-order valence-electron chi connectivity index (χ4n) is 1.54. The number of phenolic OH excluding ortho intramolecular Hbond substituents is 1. The van der Waals surface area contributed by atoms with E-state index < -0.39 is 0 Å². The number of rotatable bonds is 4. The molecule has 0 spiro atoms. The van der Waals surface area contributed by atoms with Crippen LogP contribution in [0.1, 0.15) is 18.3 Å². The fraction of sp³-hybridized carbons (Fsp3) is 0.385. The van der Waals surface area contributed by atoms with E-state index in [0.717, 1.165) is 5.56 Å². The summed E-state index contributed by atoms with van der Waals surface area (Å²) in [6, 6.07) is 5.27. The summed E-state index contributed by atoms with van der Waals surface area (Å²) >= 11 is 0. The first-order chi connectivity index (χ1) is 8.60. The second kappa shape index (κ2) is 5.18. The zero-order valence-electron chi connectivity index (χ0n) is 10.7. The van der Waals surface area contributed by atoms with Crippen molar-refractivity contribution in [1.82, 2.24) is 10.1 Å². The van der Waals surface area contributed by atoms with Gasteiger partial charge in [0.1, 0.15) is 5.75 Å². The maximum atomic E-state index is 9.64. The number of hydrogen-bond donors (Lipinski definition) is 1. The van der Waals surface area contributed by atoms with Crippen LogP contribution in [0.3, 0.4) is 0 Å². The predicted molar refractivity (Wildman–Crippen MR) is 66.3 cm³/mol. The number of ether oxygens (including phenoxy) is 1. The minimum atomic E-state index is 0.0434. The summed E-state index contributed by atoms with van der Waals surface area (Å²) in [6.45, 7) is 3.77. The van der Waals surface area contributed by atoms with Crippen LogP contribution in [-0.4, -0.2) is 28.5 Å². The lowest BCUT2D eigenvalue weighted by Gasteiger charge is -2.04. The van der Waals surface area contributed by atoms with Crippen molar-refractivity contribution in [2.45, 2.75) is 26.4 Å². The van der Waals surface area contributed by atoms with Gasteiger partial charge in [-0.05, 0) is 31.5 Å². The maximum Gasteiger partial charge on any atom is 0.258 e. The molecule has 5 heteroatoms. The normalized spacial score (nSPS) is 12.6. The van der Waals surface area contributed by atoms with Gasteiger partial charge in [0.15, 0.2) is 5.82 Å². The first kappa shape index (κ1) is 12.6. The van der Waals surface area contributed by atoms with Gasteiger partial charge in [-0.15, -0.1) is 0 Å². The van der Waals surface area contributed by atoms with E-state index in [9.17, 15) is 5.11 Å². The molecule has 96 valence electrons. The number of nitrogens with zero attached hydrogens (tertiary/aromatic N) is 2. The number of hydrogen-bond acceptors (Lipinski definition) is 5. The smallest absolute Gasteiger partial charge is 0.258 e. The quantitative estimate of drug-likeness (QED) is 0.899. The van der Waals surface area contributed by atoms with Gasteiger partial charge in [-0.1, -0.05) is 11.2 Å². The van der Waals surface area contributed by atoms with Crippen LogP contribution in [0.4, 0.5) is 0 Å². The highest BCUT2D eigenvalue weighted by Gasteiger charge is 2.12. The Labute approximate surface area is 105 Å². The van der Waals surface area contributed by atoms with Crippen molar-refractivity contribution in [1.29, 1.82) is 0 Å². The van der Waals surface area contributed by atoms with Crippen molar-refractivity contribution in [3.05, 3.63) is 29.6 Å². The van der Waals surface area contributed by atoms with Gasteiger partial charge in [0.05, 0.1) is 6.10 Å². The Balaban J connectivity index is 2.21.